The number of carbonyl (C=O) groups is 1. The maximum absolute atomic E-state index is 12.5. The third kappa shape index (κ3) is 5.70. The molecule has 1 atom stereocenters. The summed E-state index contributed by atoms with van der Waals surface area (Å²) in [5.74, 6) is 1.37. The van der Waals surface area contributed by atoms with Crippen molar-refractivity contribution >= 4 is 23.2 Å². The second-order valence-electron chi connectivity index (χ2n) is 7.03. The van der Waals surface area contributed by atoms with E-state index in [9.17, 15) is 9.90 Å². The van der Waals surface area contributed by atoms with Gasteiger partial charge in [0.05, 0.1) is 12.2 Å². The van der Waals surface area contributed by atoms with E-state index in [1.165, 1.54) is 0 Å². The highest BCUT2D eigenvalue weighted by molar-refractivity contribution is 6.31. The Kier molecular flexibility index (Phi) is 6.72. The first-order valence-corrected chi connectivity index (χ1v) is 9.58. The van der Waals surface area contributed by atoms with Crippen molar-refractivity contribution in [3.63, 3.8) is 0 Å². The molecular weight excluding hydrogens is 364 g/mol. The number of carbonyl (C=O) groups excluding carboxylic acids is 1. The number of hydrogen-bond donors (Lipinski definition) is 2. The molecule has 6 heteroatoms. The number of rotatable bonds is 6. The number of aliphatic hydroxyl groups is 1. The number of aryl methyl sites for hydroxylation is 1. The highest BCUT2D eigenvalue weighted by Crippen LogP contribution is 2.32. The first-order chi connectivity index (χ1) is 13.0. The lowest BCUT2D eigenvalue weighted by Gasteiger charge is -2.31. The lowest BCUT2D eigenvalue weighted by molar-refractivity contribution is -0.117. The summed E-state index contributed by atoms with van der Waals surface area (Å²) in [4.78, 5) is 14.6. The molecule has 1 fully saturated rings. The van der Waals surface area contributed by atoms with Gasteiger partial charge < -0.3 is 15.2 Å². The Morgan fingerprint density at radius 1 is 1.30 bits per heavy atom. The van der Waals surface area contributed by atoms with Gasteiger partial charge in [0.2, 0.25) is 5.91 Å². The second-order valence-corrected chi connectivity index (χ2v) is 7.47. The minimum atomic E-state index is -0.121. The SMILES string of the molecule is Cc1ccc(Oc2ccc(Cl)cc2NC(=O)CN2CCCC(CO)C2)cc1. The van der Waals surface area contributed by atoms with Crippen molar-refractivity contribution in [1.29, 1.82) is 0 Å². The average molecular weight is 389 g/mol. The number of ether oxygens (including phenoxy) is 1. The van der Waals surface area contributed by atoms with E-state index in [1.54, 1.807) is 18.2 Å². The smallest absolute Gasteiger partial charge is 0.238 e. The molecule has 1 amide bonds. The number of aliphatic hydroxyl groups excluding tert-OH is 1. The van der Waals surface area contributed by atoms with Gasteiger partial charge in [-0.25, -0.2) is 0 Å². The molecule has 1 saturated heterocycles. The van der Waals surface area contributed by atoms with Crippen molar-refractivity contribution in [1.82, 2.24) is 4.90 Å². The number of halogens is 1. The normalized spacial score (nSPS) is 17.5. The van der Waals surface area contributed by atoms with Crippen LogP contribution in [0, 0.1) is 12.8 Å². The molecule has 2 aromatic rings. The van der Waals surface area contributed by atoms with Crippen molar-refractivity contribution in [2.24, 2.45) is 5.92 Å². The number of piperidine rings is 1. The standard InChI is InChI=1S/C21H25ClN2O3/c1-15-4-7-18(8-5-15)27-20-9-6-17(22)11-19(20)23-21(26)13-24-10-2-3-16(12-24)14-25/h4-9,11,16,25H,2-3,10,12-14H2,1H3,(H,23,26). The van der Waals surface area contributed by atoms with Crippen LogP contribution < -0.4 is 10.1 Å². The Morgan fingerprint density at radius 3 is 2.81 bits per heavy atom. The van der Waals surface area contributed by atoms with Crippen molar-refractivity contribution in [2.75, 3.05) is 31.6 Å². The third-order valence-corrected chi connectivity index (χ3v) is 4.93. The largest absolute Gasteiger partial charge is 0.455 e. The number of nitrogens with one attached hydrogen (secondary N) is 1. The van der Waals surface area contributed by atoms with Gasteiger partial charge in [-0.05, 0) is 62.6 Å². The van der Waals surface area contributed by atoms with Crippen LogP contribution in [-0.2, 0) is 4.79 Å². The third-order valence-electron chi connectivity index (χ3n) is 4.69. The van der Waals surface area contributed by atoms with E-state index >= 15 is 0 Å². The quantitative estimate of drug-likeness (QED) is 0.782. The van der Waals surface area contributed by atoms with Crippen molar-refractivity contribution in [3.8, 4) is 11.5 Å². The maximum Gasteiger partial charge on any atom is 0.238 e. The molecule has 1 unspecified atom stereocenters. The lowest BCUT2D eigenvalue weighted by Crippen LogP contribution is -2.41. The fourth-order valence-electron chi connectivity index (χ4n) is 3.26. The first kappa shape index (κ1) is 19.7. The molecule has 0 aliphatic carbocycles. The minimum Gasteiger partial charge on any atom is -0.455 e. The van der Waals surface area contributed by atoms with Gasteiger partial charge in [0.15, 0.2) is 5.75 Å². The predicted octanol–water partition coefficient (Wildman–Crippen LogP) is 4.08. The zero-order chi connectivity index (χ0) is 19.2. The number of anilines is 1. The Hall–Kier alpha value is -2.08. The van der Waals surface area contributed by atoms with Crippen LogP contribution in [0.5, 0.6) is 11.5 Å². The fourth-order valence-corrected chi connectivity index (χ4v) is 3.43. The van der Waals surface area contributed by atoms with Gasteiger partial charge in [0, 0.05) is 18.2 Å². The van der Waals surface area contributed by atoms with Crippen LogP contribution in [0.25, 0.3) is 0 Å². The number of hydrogen-bond acceptors (Lipinski definition) is 4. The summed E-state index contributed by atoms with van der Waals surface area (Å²) >= 11 is 6.11. The molecule has 1 aliphatic rings. The summed E-state index contributed by atoms with van der Waals surface area (Å²) in [6, 6.07) is 12.9. The molecule has 0 saturated carbocycles. The highest BCUT2D eigenvalue weighted by atomic mass is 35.5. The van der Waals surface area contributed by atoms with E-state index < -0.39 is 0 Å². The molecule has 0 bridgehead atoms. The average Bonchev–Trinajstić information content (AvgIpc) is 2.65. The number of benzene rings is 2. The molecule has 1 heterocycles. The summed E-state index contributed by atoms with van der Waals surface area (Å²) in [7, 11) is 0. The van der Waals surface area contributed by atoms with Gasteiger partial charge in [-0.3, -0.25) is 9.69 Å². The summed E-state index contributed by atoms with van der Waals surface area (Å²) in [6.07, 6.45) is 2.01. The van der Waals surface area contributed by atoms with E-state index in [2.05, 4.69) is 10.2 Å². The van der Waals surface area contributed by atoms with Gasteiger partial charge in [-0.1, -0.05) is 29.3 Å². The van der Waals surface area contributed by atoms with Crippen LogP contribution in [0.2, 0.25) is 5.02 Å². The van der Waals surface area contributed by atoms with E-state index in [1.807, 2.05) is 31.2 Å². The van der Waals surface area contributed by atoms with Crippen molar-refractivity contribution < 1.29 is 14.6 Å². The van der Waals surface area contributed by atoms with E-state index in [4.69, 9.17) is 16.3 Å². The summed E-state index contributed by atoms with van der Waals surface area (Å²) in [6.45, 7) is 4.08. The Balaban J connectivity index is 1.67. The molecule has 27 heavy (non-hydrogen) atoms. The molecule has 144 valence electrons. The maximum atomic E-state index is 12.5. The van der Waals surface area contributed by atoms with E-state index in [0.717, 1.165) is 31.5 Å². The van der Waals surface area contributed by atoms with Crippen LogP contribution in [0.4, 0.5) is 5.69 Å². The second kappa shape index (κ2) is 9.22. The molecule has 1 aliphatic heterocycles. The van der Waals surface area contributed by atoms with Gasteiger partial charge in [0.25, 0.3) is 0 Å². The molecule has 2 N–H and O–H groups in total. The molecule has 0 radical (unpaired) electrons. The van der Waals surface area contributed by atoms with Gasteiger partial charge in [-0.2, -0.15) is 0 Å². The summed E-state index contributed by atoms with van der Waals surface area (Å²) in [5.41, 5.74) is 1.69. The van der Waals surface area contributed by atoms with Crippen LogP contribution in [0.15, 0.2) is 42.5 Å². The van der Waals surface area contributed by atoms with Gasteiger partial charge >= 0.3 is 0 Å². The molecule has 0 aromatic heterocycles. The van der Waals surface area contributed by atoms with Crippen LogP contribution in [-0.4, -0.2) is 42.2 Å². The number of likely N-dealkylation sites (tertiary alicyclic amines) is 1. The minimum absolute atomic E-state index is 0.121. The Morgan fingerprint density at radius 2 is 2.07 bits per heavy atom. The highest BCUT2D eigenvalue weighted by Gasteiger charge is 2.21. The molecular formula is C21H25ClN2O3. The van der Waals surface area contributed by atoms with Gasteiger partial charge in [-0.15, -0.1) is 0 Å². The topological polar surface area (TPSA) is 61.8 Å². The lowest BCUT2D eigenvalue weighted by atomic mass is 9.99. The molecule has 2 aromatic carbocycles. The zero-order valence-corrected chi connectivity index (χ0v) is 16.2. The Labute approximate surface area is 164 Å². The van der Waals surface area contributed by atoms with E-state index in [-0.39, 0.29) is 25.0 Å². The first-order valence-electron chi connectivity index (χ1n) is 9.20. The fraction of sp³-hybridized carbons (Fsp3) is 0.381. The van der Waals surface area contributed by atoms with E-state index in [0.29, 0.717) is 22.2 Å². The monoisotopic (exact) mass is 388 g/mol. The van der Waals surface area contributed by atoms with Crippen molar-refractivity contribution in [2.45, 2.75) is 19.8 Å². The van der Waals surface area contributed by atoms with Gasteiger partial charge in [0.1, 0.15) is 5.75 Å². The molecule has 3 rings (SSSR count). The van der Waals surface area contributed by atoms with Crippen LogP contribution in [0.3, 0.4) is 0 Å². The molecule has 0 spiro atoms. The Bertz CT molecular complexity index is 779. The van der Waals surface area contributed by atoms with Crippen LogP contribution in [0.1, 0.15) is 18.4 Å². The summed E-state index contributed by atoms with van der Waals surface area (Å²) < 4.78 is 5.92. The number of amides is 1. The number of nitrogens with zero attached hydrogens (tertiary/aromatic N) is 1. The van der Waals surface area contributed by atoms with Crippen molar-refractivity contribution in [3.05, 3.63) is 53.1 Å². The summed E-state index contributed by atoms with van der Waals surface area (Å²) in [5, 5.41) is 12.8. The zero-order valence-electron chi connectivity index (χ0n) is 15.5. The molecule has 5 nitrogen and oxygen atoms in total. The predicted molar refractivity (Wildman–Crippen MR) is 108 cm³/mol. The van der Waals surface area contributed by atoms with Crippen LogP contribution >= 0.6 is 11.6 Å².